The molecular weight excluding hydrogens is 136 g/mol. The molecule has 56 valence electrons. The SMILES string of the molecule is CC(C)(C=O)C(=O)C(=O)O. The van der Waals surface area contributed by atoms with Crippen LogP contribution in [0.4, 0.5) is 0 Å². The number of Topliss-reactive ketones (excluding diaryl/α,β-unsaturated/α-hetero) is 1. The predicted molar refractivity (Wildman–Crippen MR) is 32.5 cm³/mol. The van der Waals surface area contributed by atoms with E-state index in [4.69, 9.17) is 5.11 Å². The van der Waals surface area contributed by atoms with Crippen LogP contribution in [0.5, 0.6) is 0 Å². The first-order chi connectivity index (χ1) is 4.41. The first kappa shape index (κ1) is 8.81. The fourth-order valence-corrected chi connectivity index (χ4v) is 0.329. The van der Waals surface area contributed by atoms with Gasteiger partial charge in [-0.3, -0.25) is 4.79 Å². The molecule has 0 spiro atoms. The molecule has 0 saturated carbocycles. The molecule has 0 aliphatic heterocycles. The third-order valence-corrected chi connectivity index (χ3v) is 1.07. The summed E-state index contributed by atoms with van der Waals surface area (Å²) >= 11 is 0. The van der Waals surface area contributed by atoms with E-state index in [-0.39, 0.29) is 0 Å². The van der Waals surface area contributed by atoms with Crippen molar-refractivity contribution in [2.75, 3.05) is 0 Å². The van der Waals surface area contributed by atoms with E-state index in [0.717, 1.165) is 0 Å². The number of carboxylic acid groups (broad SMARTS) is 1. The maximum Gasteiger partial charge on any atom is 0.373 e. The van der Waals surface area contributed by atoms with Crippen molar-refractivity contribution in [3.05, 3.63) is 0 Å². The molecule has 1 N–H and O–H groups in total. The minimum atomic E-state index is -1.57. The molecule has 0 saturated heterocycles. The molecular formula is C6H8O4. The maximum atomic E-state index is 10.6. The van der Waals surface area contributed by atoms with Crippen LogP contribution in [0, 0.1) is 5.41 Å². The Morgan fingerprint density at radius 2 is 1.80 bits per heavy atom. The molecule has 0 fully saturated rings. The van der Waals surface area contributed by atoms with Gasteiger partial charge in [0.25, 0.3) is 5.78 Å². The predicted octanol–water partition coefficient (Wildman–Crippen LogP) is -0.135. The van der Waals surface area contributed by atoms with Gasteiger partial charge in [-0.25, -0.2) is 4.79 Å². The topological polar surface area (TPSA) is 71.4 Å². The van der Waals surface area contributed by atoms with Crippen molar-refractivity contribution in [2.45, 2.75) is 13.8 Å². The zero-order valence-electron chi connectivity index (χ0n) is 5.75. The standard InChI is InChI=1S/C6H8O4/c1-6(2,3-7)4(8)5(9)10/h3H,1-2H3,(H,9,10). The van der Waals surface area contributed by atoms with Gasteiger partial charge < -0.3 is 9.90 Å². The number of ketones is 1. The summed E-state index contributed by atoms with van der Waals surface area (Å²) in [5.41, 5.74) is -1.40. The van der Waals surface area contributed by atoms with Gasteiger partial charge in [0.2, 0.25) is 0 Å². The van der Waals surface area contributed by atoms with Crippen LogP contribution in [0.15, 0.2) is 0 Å². The number of hydrogen-bond acceptors (Lipinski definition) is 3. The molecule has 0 unspecified atom stereocenters. The van der Waals surface area contributed by atoms with E-state index in [0.29, 0.717) is 6.29 Å². The summed E-state index contributed by atoms with van der Waals surface area (Å²) in [5.74, 6) is -2.65. The number of rotatable bonds is 3. The van der Waals surface area contributed by atoms with Crippen molar-refractivity contribution in [1.82, 2.24) is 0 Å². The van der Waals surface area contributed by atoms with Gasteiger partial charge in [-0.2, -0.15) is 0 Å². The Morgan fingerprint density at radius 1 is 1.40 bits per heavy atom. The summed E-state index contributed by atoms with van der Waals surface area (Å²) in [4.78, 5) is 30.6. The average Bonchev–Trinajstić information content (AvgIpc) is 1.86. The van der Waals surface area contributed by atoms with E-state index in [9.17, 15) is 14.4 Å². The molecule has 0 aliphatic carbocycles. The van der Waals surface area contributed by atoms with Crippen LogP contribution in [0.2, 0.25) is 0 Å². The summed E-state index contributed by atoms with van der Waals surface area (Å²) in [6.07, 6.45) is 0.323. The zero-order valence-corrected chi connectivity index (χ0v) is 5.75. The Morgan fingerprint density at radius 3 is 1.90 bits per heavy atom. The summed E-state index contributed by atoms with van der Waals surface area (Å²) < 4.78 is 0. The van der Waals surface area contributed by atoms with E-state index in [2.05, 4.69) is 0 Å². The van der Waals surface area contributed by atoms with Gasteiger partial charge in [-0.05, 0) is 13.8 Å². The van der Waals surface area contributed by atoms with Crippen LogP contribution >= 0.6 is 0 Å². The molecule has 0 amide bonds. The van der Waals surface area contributed by atoms with Crippen molar-refractivity contribution in [3.63, 3.8) is 0 Å². The van der Waals surface area contributed by atoms with Crippen molar-refractivity contribution >= 4 is 18.0 Å². The van der Waals surface area contributed by atoms with Crippen LogP contribution in [-0.2, 0) is 14.4 Å². The molecule has 4 heteroatoms. The second-order valence-corrected chi connectivity index (χ2v) is 2.47. The van der Waals surface area contributed by atoms with Gasteiger partial charge in [-0.15, -0.1) is 0 Å². The molecule has 0 aromatic rings. The fourth-order valence-electron chi connectivity index (χ4n) is 0.329. The monoisotopic (exact) mass is 144 g/mol. The summed E-state index contributed by atoms with van der Waals surface area (Å²) in [6.45, 7) is 2.52. The molecule has 4 nitrogen and oxygen atoms in total. The Balaban J connectivity index is 4.49. The lowest BCUT2D eigenvalue weighted by Gasteiger charge is -2.09. The first-order valence-electron chi connectivity index (χ1n) is 2.66. The minimum absolute atomic E-state index is 0.323. The first-order valence-corrected chi connectivity index (χ1v) is 2.66. The van der Waals surface area contributed by atoms with Crippen LogP contribution in [0.3, 0.4) is 0 Å². The van der Waals surface area contributed by atoms with E-state index in [1.54, 1.807) is 0 Å². The zero-order chi connectivity index (χ0) is 8.36. The summed E-state index contributed by atoms with van der Waals surface area (Å²) in [6, 6.07) is 0. The van der Waals surface area contributed by atoms with Crippen LogP contribution in [0.1, 0.15) is 13.8 Å². The lowest BCUT2D eigenvalue weighted by atomic mass is 9.90. The van der Waals surface area contributed by atoms with Gasteiger partial charge in [-0.1, -0.05) is 0 Å². The number of aldehydes is 1. The molecule has 0 heterocycles. The number of aliphatic carboxylic acids is 1. The Labute approximate surface area is 57.8 Å². The number of hydrogen-bond donors (Lipinski definition) is 1. The van der Waals surface area contributed by atoms with Crippen LogP contribution in [0.25, 0.3) is 0 Å². The number of carboxylic acids is 1. The van der Waals surface area contributed by atoms with E-state index >= 15 is 0 Å². The summed E-state index contributed by atoms with van der Waals surface area (Å²) in [5, 5.41) is 8.14. The van der Waals surface area contributed by atoms with Gasteiger partial charge in [0, 0.05) is 0 Å². The quantitative estimate of drug-likeness (QED) is 0.340. The lowest BCUT2D eigenvalue weighted by molar-refractivity contribution is -0.154. The van der Waals surface area contributed by atoms with Gasteiger partial charge in [0.1, 0.15) is 6.29 Å². The molecule has 0 bridgehead atoms. The third-order valence-electron chi connectivity index (χ3n) is 1.07. The number of carbonyl (C=O) groups excluding carboxylic acids is 2. The van der Waals surface area contributed by atoms with Crippen molar-refractivity contribution < 1.29 is 19.5 Å². The third kappa shape index (κ3) is 1.65. The maximum absolute atomic E-state index is 10.6. The Hall–Kier alpha value is -1.19. The van der Waals surface area contributed by atoms with Crippen molar-refractivity contribution in [3.8, 4) is 0 Å². The molecule has 0 aromatic heterocycles. The second-order valence-electron chi connectivity index (χ2n) is 2.47. The van der Waals surface area contributed by atoms with Crippen LogP contribution < -0.4 is 0 Å². The van der Waals surface area contributed by atoms with Crippen molar-refractivity contribution in [2.24, 2.45) is 5.41 Å². The van der Waals surface area contributed by atoms with E-state index in [1.165, 1.54) is 13.8 Å². The molecule has 0 aromatic carbocycles. The molecule has 0 aliphatic rings. The highest BCUT2D eigenvalue weighted by Gasteiger charge is 2.32. The molecule has 10 heavy (non-hydrogen) atoms. The smallest absolute Gasteiger partial charge is 0.373 e. The summed E-state index contributed by atoms with van der Waals surface area (Å²) in [7, 11) is 0. The van der Waals surface area contributed by atoms with Gasteiger partial charge in [0.15, 0.2) is 0 Å². The Kier molecular flexibility index (Phi) is 2.29. The minimum Gasteiger partial charge on any atom is -0.475 e. The highest BCUT2D eigenvalue weighted by atomic mass is 16.4. The largest absolute Gasteiger partial charge is 0.475 e. The van der Waals surface area contributed by atoms with E-state index in [1.807, 2.05) is 0 Å². The van der Waals surface area contributed by atoms with E-state index < -0.39 is 17.2 Å². The van der Waals surface area contributed by atoms with Crippen molar-refractivity contribution in [1.29, 1.82) is 0 Å². The van der Waals surface area contributed by atoms with Crippen LogP contribution in [-0.4, -0.2) is 23.1 Å². The molecule has 0 atom stereocenters. The average molecular weight is 144 g/mol. The second kappa shape index (κ2) is 2.60. The number of carbonyl (C=O) groups is 3. The fraction of sp³-hybridized carbons (Fsp3) is 0.500. The normalized spacial score (nSPS) is 10.6. The van der Waals surface area contributed by atoms with Gasteiger partial charge >= 0.3 is 5.97 Å². The molecule has 0 rings (SSSR count). The lowest BCUT2D eigenvalue weighted by Crippen LogP contribution is -2.32. The molecule has 0 radical (unpaired) electrons. The highest BCUT2D eigenvalue weighted by molar-refractivity contribution is 6.37. The highest BCUT2D eigenvalue weighted by Crippen LogP contribution is 2.11. The Bertz CT molecular complexity index is 180. The van der Waals surface area contributed by atoms with Gasteiger partial charge in [0.05, 0.1) is 5.41 Å².